The van der Waals surface area contributed by atoms with Crippen molar-refractivity contribution in [3.8, 4) is 0 Å². The zero-order valence-corrected chi connectivity index (χ0v) is 9.39. The van der Waals surface area contributed by atoms with Crippen LogP contribution in [0.4, 0.5) is 8.78 Å². The van der Waals surface area contributed by atoms with E-state index in [-0.39, 0.29) is 5.56 Å². The van der Waals surface area contributed by atoms with E-state index in [1.54, 1.807) is 0 Å². The molecule has 1 aromatic rings. The first kappa shape index (κ1) is 13.0. The fourth-order valence-electron chi connectivity index (χ4n) is 1.32. The third-order valence-corrected chi connectivity index (χ3v) is 2.97. The number of nitrogens with two attached hydrogens (primary N) is 1. The van der Waals surface area contributed by atoms with Crippen LogP contribution in [-0.2, 0) is 9.84 Å². The summed E-state index contributed by atoms with van der Waals surface area (Å²) in [4.78, 5) is 0. The minimum absolute atomic E-state index is 0.104. The third-order valence-electron chi connectivity index (χ3n) is 2.03. The summed E-state index contributed by atoms with van der Waals surface area (Å²) in [6.45, 7) is 0. The largest absolute Gasteiger partial charge is 0.271 e. The van der Waals surface area contributed by atoms with E-state index in [9.17, 15) is 17.2 Å². The summed E-state index contributed by atoms with van der Waals surface area (Å²) >= 11 is 0. The van der Waals surface area contributed by atoms with Crippen molar-refractivity contribution in [2.75, 3.05) is 12.0 Å². The Morgan fingerprint density at radius 1 is 1.44 bits per heavy atom. The summed E-state index contributed by atoms with van der Waals surface area (Å²) in [7, 11) is -3.34. The van der Waals surface area contributed by atoms with Gasteiger partial charge in [-0.05, 0) is 6.07 Å². The average Bonchev–Trinajstić information content (AvgIpc) is 2.18. The maximum absolute atomic E-state index is 13.3. The molecular formula is C9H12F2N2O2S. The van der Waals surface area contributed by atoms with Gasteiger partial charge in [-0.15, -0.1) is 0 Å². The number of rotatable bonds is 4. The predicted octanol–water partition coefficient (Wildman–Crippen LogP) is 0.514. The van der Waals surface area contributed by atoms with Crippen molar-refractivity contribution in [3.63, 3.8) is 0 Å². The molecule has 1 unspecified atom stereocenters. The molecule has 0 aromatic heterocycles. The molecule has 16 heavy (non-hydrogen) atoms. The Morgan fingerprint density at radius 3 is 2.56 bits per heavy atom. The summed E-state index contributed by atoms with van der Waals surface area (Å²) in [5, 5.41) is 0. The van der Waals surface area contributed by atoms with Gasteiger partial charge in [-0.1, -0.05) is 12.1 Å². The molecule has 0 aliphatic heterocycles. The van der Waals surface area contributed by atoms with Crippen molar-refractivity contribution >= 4 is 9.84 Å². The van der Waals surface area contributed by atoms with Gasteiger partial charge in [-0.2, -0.15) is 0 Å². The predicted molar refractivity (Wildman–Crippen MR) is 56.1 cm³/mol. The van der Waals surface area contributed by atoms with Gasteiger partial charge in [0.25, 0.3) is 0 Å². The summed E-state index contributed by atoms with van der Waals surface area (Å²) in [6, 6.07) is 2.56. The first-order chi connectivity index (χ1) is 7.35. The van der Waals surface area contributed by atoms with Gasteiger partial charge in [0.1, 0.15) is 9.84 Å². The van der Waals surface area contributed by atoms with E-state index in [2.05, 4.69) is 5.43 Å². The molecule has 0 bridgehead atoms. The van der Waals surface area contributed by atoms with Crippen LogP contribution in [-0.4, -0.2) is 20.4 Å². The van der Waals surface area contributed by atoms with Crippen molar-refractivity contribution in [1.82, 2.24) is 5.43 Å². The van der Waals surface area contributed by atoms with Gasteiger partial charge in [0.15, 0.2) is 11.6 Å². The lowest BCUT2D eigenvalue weighted by Gasteiger charge is -2.15. The van der Waals surface area contributed by atoms with Gasteiger partial charge >= 0.3 is 0 Å². The summed E-state index contributed by atoms with van der Waals surface area (Å²) < 4.78 is 48.4. The van der Waals surface area contributed by atoms with E-state index in [1.165, 1.54) is 12.1 Å². The Labute approximate surface area is 92.3 Å². The Morgan fingerprint density at radius 2 is 2.06 bits per heavy atom. The first-order valence-electron chi connectivity index (χ1n) is 4.43. The van der Waals surface area contributed by atoms with Gasteiger partial charge < -0.3 is 0 Å². The molecule has 0 fully saturated rings. The smallest absolute Gasteiger partial charge is 0.163 e. The normalized spacial score (nSPS) is 13.8. The summed E-state index contributed by atoms with van der Waals surface area (Å²) in [6.07, 6.45) is 0.995. The number of hydrogen-bond donors (Lipinski definition) is 2. The van der Waals surface area contributed by atoms with E-state index in [0.717, 1.165) is 12.3 Å². The lowest BCUT2D eigenvalue weighted by atomic mass is 10.1. The fraction of sp³-hybridized carbons (Fsp3) is 0.333. The number of hydrazine groups is 1. The highest BCUT2D eigenvalue weighted by molar-refractivity contribution is 7.90. The Bertz CT molecular complexity index is 476. The number of nitrogens with one attached hydrogen (secondary N) is 1. The number of benzene rings is 1. The fourth-order valence-corrected chi connectivity index (χ4v) is 2.20. The molecule has 0 spiro atoms. The van der Waals surface area contributed by atoms with Crippen LogP contribution < -0.4 is 11.3 Å². The van der Waals surface area contributed by atoms with Crippen LogP contribution in [0, 0.1) is 11.6 Å². The van der Waals surface area contributed by atoms with Gasteiger partial charge in [0, 0.05) is 11.8 Å². The van der Waals surface area contributed by atoms with Crippen LogP contribution in [0.5, 0.6) is 0 Å². The molecule has 0 aliphatic carbocycles. The van der Waals surface area contributed by atoms with Crippen LogP contribution in [0.2, 0.25) is 0 Å². The highest BCUT2D eigenvalue weighted by Crippen LogP contribution is 2.19. The summed E-state index contributed by atoms with van der Waals surface area (Å²) in [5.74, 6) is 2.60. The van der Waals surface area contributed by atoms with Crippen LogP contribution in [0.25, 0.3) is 0 Å². The number of hydrogen-bond acceptors (Lipinski definition) is 4. The Hall–Kier alpha value is -1.05. The Kier molecular flexibility index (Phi) is 3.95. The molecular weight excluding hydrogens is 238 g/mol. The van der Waals surface area contributed by atoms with Crippen molar-refractivity contribution in [1.29, 1.82) is 0 Å². The second-order valence-electron chi connectivity index (χ2n) is 3.45. The maximum Gasteiger partial charge on any atom is 0.163 e. The second kappa shape index (κ2) is 4.86. The minimum atomic E-state index is -3.34. The molecule has 1 atom stereocenters. The lowest BCUT2D eigenvalue weighted by molar-refractivity contribution is 0.475. The molecule has 0 amide bonds. The Balaban J connectivity index is 3.09. The lowest BCUT2D eigenvalue weighted by Crippen LogP contribution is -2.33. The SMILES string of the molecule is CS(=O)(=O)CC(NN)c1cccc(F)c1F. The zero-order valence-electron chi connectivity index (χ0n) is 8.57. The third kappa shape index (κ3) is 3.22. The molecule has 0 radical (unpaired) electrons. The van der Waals surface area contributed by atoms with Crippen LogP contribution in [0.15, 0.2) is 18.2 Å². The molecule has 0 saturated heterocycles. The van der Waals surface area contributed by atoms with Crippen LogP contribution >= 0.6 is 0 Å². The van der Waals surface area contributed by atoms with Crippen molar-refractivity contribution in [3.05, 3.63) is 35.4 Å². The molecule has 90 valence electrons. The van der Waals surface area contributed by atoms with E-state index in [0.29, 0.717) is 0 Å². The van der Waals surface area contributed by atoms with E-state index >= 15 is 0 Å². The highest BCUT2D eigenvalue weighted by atomic mass is 32.2. The van der Waals surface area contributed by atoms with Crippen molar-refractivity contribution in [2.45, 2.75) is 6.04 Å². The maximum atomic E-state index is 13.3. The van der Waals surface area contributed by atoms with E-state index in [1.807, 2.05) is 0 Å². The van der Waals surface area contributed by atoms with E-state index < -0.39 is 33.3 Å². The molecule has 7 heteroatoms. The van der Waals surface area contributed by atoms with Crippen LogP contribution in [0.1, 0.15) is 11.6 Å². The molecule has 4 nitrogen and oxygen atoms in total. The van der Waals surface area contributed by atoms with Crippen molar-refractivity contribution in [2.24, 2.45) is 5.84 Å². The molecule has 0 saturated carbocycles. The number of sulfone groups is 1. The molecule has 0 heterocycles. The highest BCUT2D eigenvalue weighted by Gasteiger charge is 2.20. The van der Waals surface area contributed by atoms with Gasteiger partial charge in [0.05, 0.1) is 11.8 Å². The van der Waals surface area contributed by atoms with Gasteiger partial charge in [-0.25, -0.2) is 17.2 Å². The second-order valence-corrected chi connectivity index (χ2v) is 5.64. The number of halogens is 2. The van der Waals surface area contributed by atoms with Crippen LogP contribution in [0.3, 0.4) is 0 Å². The molecule has 3 N–H and O–H groups in total. The summed E-state index contributed by atoms with van der Waals surface area (Å²) in [5.41, 5.74) is 2.05. The zero-order chi connectivity index (χ0) is 12.3. The van der Waals surface area contributed by atoms with E-state index in [4.69, 9.17) is 5.84 Å². The minimum Gasteiger partial charge on any atom is -0.271 e. The van der Waals surface area contributed by atoms with Gasteiger partial charge in [0.2, 0.25) is 0 Å². The first-order valence-corrected chi connectivity index (χ1v) is 6.49. The monoisotopic (exact) mass is 250 g/mol. The van der Waals surface area contributed by atoms with Gasteiger partial charge in [-0.3, -0.25) is 11.3 Å². The molecule has 1 rings (SSSR count). The molecule has 1 aromatic carbocycles. The standard InChI is InChI=1S/C9H12F2N2O2S/c1-16(14,15)5-8(13-12)6-3-2-4-7(10)9(6)11/h2-4,8,13H,5,12H2,1H3. The quantitative estimate of drug-likeness (QED) is 0.603. The average molecular weight is 250 g/mol. The van der Waals surface area contributed by atoms with Crippen molar-refractivity contribution < 1.29 is 17.2 Å². The molecule has 0 aliphatic rings. The topological polar surface area (TPSA) is 72.2 Å².